The minimum Gasteiger partial charge on any atom is -0.461 e. The van der Waals surface area contributed by atoms with E-state index in [1.165, 1.54) is 0 Å². The lowest BCUT2D eigenvalue weighted by Crippen LogP contribution is -2.56. The molecule has 1 heterocycles. The molecule has 0 spiro atoms. The van der Waals surface area contributed by atoms with Crippen molar-refractivity contribution in [3.05, 3.63) is 70.3 Å². The number of piperidine rings is 1. The lowest BCUT2D eigenvalue weighted by molar-refractivity contribution is -0.150. The maximum atomic E-state index is 14.2. The van der Waals surface area contributed by atoms with Gasteiger partial charge in [0.05, 0.1) is 12.0 Å². The third-order valence-corrected chi connectivity index (χ3v) is 7.64. The van der Waals surface area contributed by atoms with Gasteiger partial charge in [-0.05, 0) is 106 Å². The summed E-state index contributed by atoms with van der Waals surface area (Å²) in [5, 5.41) is 7.20. The van der Waals surface area contributed by atoms with Gasteiger partial charge in [0.1, 0.15) is 40.7 Å². The summed E-state index contributed by atoms with van der Waals surface area (Å²) in [4.78, 5) is 60.6. The molecule has 54 heavy (non-hydrogen) atoms. The Balaban J connectivity index is 0.000000377. The number of nitrogens with one attached hydrogen (secondary N) is 3. The number of ether oxygens (including phenoxy) is 3. The van der Waals surface area contributed by atoms with E-state index in [4.69, 9.17) is 14.2 Å². The summed E-state index contributed by atoms with van der Waals surface area (Å²) in [6.45, 7) is 15.5. The first kappa shape index (κ1) is 45.3. The molecule has 0 saturated carbocycles. The van der Waals surface area contributed by atoms with E-state index in [-0.39, 0.29) is 6.42 Å². The number of carbonyl (C=O) groups excluding carboxylic acids is 5. The number of carbonyl (C=O) groups is 5. The van der Waals surface area contributed by atoms with Crippen LogP contribution in [0.1, 0.15) is 105 Å². The molecular weight excluding hydrogens is 728 g/mol. The highest BCUT2D eigenvalue weighted by molar-refractivity contribution is 5.87. The molecule has 5 atom stereocenters. The van der Waals surface area contributed by atoms with Crippen molar-refractivity contribution in [2.75, 3.05) is 0 Å². The van der Waals surface area contributed by atoms with Crippen LogP contribution in [0.2, 0.25) is 0 Å². The van der Waals surface area contributed by atoms with Crippen molar-refractivity contribution in [3.8, 4) is 0 Å². The first-order valence-corrected chi connectivity index (χ1v) is 17.0. The fourth-order valence-corrected chi connectivity index (χ4v) is 5.38. The van der Waals surface area contributed by atoms with Gasteiger partial charge in [0, 0.05) is 23.1 Å². The summed E-state index contributed by atoms with van der Waals surface area (Å²) >= 11 is 0. The molecule has 1 aliphatic heterocycles. The third kappa shape index (κ3) is 13.2. The highest BCUT2D eigenvalue weighted by atomic mass is 19.2. The average Bonchev–Trinajstić information content (AvgIpc) is 3.00. The van der Waals surface area contributed by atoms with Crippen LogP contribution in [0.5, 0.6) is 0 Å². The van der Waals surface area contributed by atoms with Crippen molar-refractivity contribution in [3.63, 3.8) is 0 Å². The van der Waals surface area contributed by atoms with Crippen LogP contribution < -0.4 is 16.0 Å². The second kappa shape index (κ2) is 18.5. The molecule has 2 aromatic carbocycles. The van der Waals surface area contributed by atoms with E-state index in [1.807, 2.05) is 0 Å². The lowest BCUT2D eigenvalue weighted by atomic mass is 9.82. The predicted octanol–water partition coefficient (Wildman–Crippen LogP) is 7.00. The fraction of sp³-hybridized carbons (Fsp3) is 0.541. The molecule has 1 fully saturated rings. The molecule has 11 nitrogen and oxygen atoms in total. The van der Waals surface area contributed by atoms with Crippen LogP contribution >= 0.6 is 0 Å². The van der Waals surface area contributed by atoms with Crippen molar-refractivity contribution in [2.24, 2.45) is 0 Å². The van der Waals surface area contributed by atoms with Gasteiger partial charge in [-0.25, -0.2) is 40.7 Å². The number of hydrogen-bond acceptors (Lipinski definition) is 8. The van der Waals surface area contributed by atoms with Crippen molar-refractivity contribution in [2.45, 2.75) is 129 Å². The van der Waals surface area contributed by atoms with Crippen molar-refractivity contribution >= 4 is 29.8 Å². The van der Waals surface area contributed by atoms with Gasteiger partial charge in [-0.15, -0.1) is 0 Å². The molecule has 300 valence electrons. The maximum absolute atomic E-state index is 14.2. The van der Waals surface area contributed by atoms with Crippen LogP contribution in [0.15, 0.2) is 24.3 Å². The molecule has 3 N–H and O–H groups in total. The number of amides is 3. The van der Waals surface area contributed by atoms with Crippen molar-refractivity contribution in [1.29, 1.82) is 0 Å². The van der Waals surface area contributed by atoms with Gasteiger partial charge in [-0.1, -0.05) is 0 Å². The fourth-order valence-electron chi connectivity index (χ4n) is 5.38. The van der Waals surface area contributed by atoms with Crippen molar-refractivity contribution < 1.29 is 64.5 Å². The Bertz CT molecular complexity index is 1710. The van der Waals surface area contributed by atoms with Crippen LogP contribution in [0.3, 0.4) is 0 Å². The minimum atomic E-state index is -1.54. The Morgan fingerprint density at radius 1 is 0.815 bits per heavy atom. The molecule has 1 saturated heterocycles. The maximum Gasteiger partial charge on any atom is 0.408 e. The number of Topliss-reactive ketones (excluding diaryl/α,β-unsaturated/α-hetero) is 1. The lowest BCUT2D eigenvalue weighted by Gasteiger charge is -2.35. The van der Waals surface area contributed by atoms with Gasteiger partial charge in [0.15, 0.2) is 23.3 Å². The Morgan fingerprint density at radius 2 is 1.31 bits per heavy atom. The van der Waals surface area contributed by atoms with E-state index in [0.717, 1.165) is 13.0 Å². The smallest absolute Gasteiger partial charge is 0.408 e. The topological polar surface area (TPSA) is 149 Å². The Kier molecular flexibility index (Phi) is 15.5. The number of esters is 1. The molecule has 0 bridgehead atoms. The second-order valence-electron chi connectivity index (χ2n) is 14.9. The first-order chi connectivity index (χ1) is 24.7. The van der Waals surface area contributed by atoms with E-state index < -0.39 is 130 Å². The second-order valence-corrected chi connectivity index (χ2v) is 14.9. The molecule has 1 aliphatic rings. The zero-order valence-corrected chi connectivity index (χ0v) is 31.7. The molecule has 17 heteroatoms. The Morgan fingerprint density at radius 3 is 1.83 bits per heavy atom. The quantitative estimate of drug-likeness (QED) is 0.107. The van der Waals surface area contributed by atoms with Gasteiger partial charge < -0.3 is 30.2 Å². The number of benzene rings is 2. The predicted molar refractivity (Wildman–Crippen MR) is 183 cm³/mol. The summed E-state index contributed by atoms with van der Waals surface area (Å²) in [5.74, 6) is -11.9. The number of ketones is 1. The number of halogens is 6. The molecule has 0 radical (unpaired) electrons. The summed E-state index contributed by atoms with van der Waals surface area (Å²) in [5.41, 5.74) is -2.89. The number of rotatable bonds is 9. The van der Waals surface area contributed by atoms with Crippen LogP contribution in [0.25, 0.3) is 0 Å². The molecular formula is C37H47F6N3O8. The first-order valence-electron chi connectivity index (χ1n) is 17.0. The number of alkyl carbamates (subject to hydrolysis) is 2. The van der Waals surface area contributed by atoms with Crippen molar-refractivity contribution in [1.82, 2.24) is 16.0 Å². The van der Waals surface area contributed by atoms with Crippen LogP contribution in [0, 0.1) is 34.9 Å². The average molecular weight is 776 g/mol. The summed E-state index contributed by atoms with van der Waals surface area (Å²) < 4.78 is 98.9. The number of hydrogen-bond donors (Lipinski definition) is 3. The van der Waals surface area contributed by atoms with Gasteiger partial charge in [-0.3, -0.25) is 9.59 Å². The molecule has 2 aromatic rings. The van der Waals surface area contributed by atoms with E-state index in [9.17, 15) is 50.3 Å². The van der Waals surface area contributed by atoms with E-state index in [2.05, 4.69) is 16.0 Å². The SMILES string of the molecule is CC(=O)C(CC(NC(=O)OC(C)(C)C)C(=O)OC(C)C)c1c(F)ccc(F)c1F.C[C@H]1NC(=O)C(NC(=O)OC(C)(C)C)C[C@H]1c1c(F)ccc(F)c1F. The Hall–Kier alpha value is -4.83. The molecule has 0 aliphatic carbocycles. The monoisotopic (exact) mass is 775 g/mol. The van der Waals surface area contributed by atoms with Gasteiger partial charge in [0.2, 0.25) is 5.91 Å². The zero-order chi connectivity index (χ0) is 41.5. The normalized spacial score (nSPS) is 18.3. The molecule has 3 amide bonds. The van der Waals surface area contributed by atoms with E-state index in [0.29, 0.717) is 18.2 Å². The van der Waals surface area contributed by atoms with Gasteiger partial charge in [-0.2, -0.15) is 0 Å². The zero-order valence-electron chi connectivity index (χ0n) is 31.7. The molecule has 3 unspecified atom stereocenters. The standard InChI is InChI=1S/C20H26F3NO5.C17H21F3N2O3/c1-10(2)28-18(26)15(24-19(27)29-20(4,5)6)9-12(11(3)25)16-13(21)7-8-14(22)17(16)23;1-8-9(13-10(18)5-6-11(19)14(13)20)7-12(15(23)21-8)22-16(24)25-17(2,3)4/h7-8,10,12,15H,9H2,1-6H3,(H,24,27);5-6,8-9,12H,7H2,1-4H3,(H,21,23)(H,22,24)/t;8-,9-,12?/m.1/s1. The third-order valence-electron chi connectivity index (χ3n) is 7.64. The van der Waals surface area contributed by atoms with Crippen LogP contribution in [-0.2, 0) is 28.6 Å². The Labute approximate surface area is 309 Å². The molecule has 0 aromatic heterocycles. The van der Waals surface area contributed by atoms with Gasteiger partial charge in [0.25, 0.3) is 0 Å². The van der Waals surface area contributed by atoms with E-state index in [1.54, 1.807) is 62.3 Å². The molecule has 3 rings (SSSR count). The minimum absolute atomic E-state index is 0.0798. The largest absolute Gasteiger partial charge is 0.461 e. The van der Waals surface area contributed by atoms with E-state index >= 15 is 0 Å². The van der Waals surface area contributed by atoms with Gasteiger partial charge >= 0.3 is 18.2 Å². The highest BCUT2D eigenvalue weighted by Gasteiger charge is 2.39. The summed E-state index contributed by atoms with van der Waals surface area (Å²) in [7, 11) is 0. The summed E-state index contributed by atoms with van der Waals surface area (Å²) in [6.07, 6.45) is -2.98. The van der Waals surface area contributed by atoms with Crippen LogP contribution in [0.4, 0.5) is 35.9 Å². The highest BCUT2D eigenvalue weighted by Crippen LogP contribution is 2.34. The summed E-state index contributed by atoms with van der Waals surface area (Å²) in [6, 6.07) is -0.304. The van der Waals surface area contributed by atoms with Crippen LogP contribution in [-0.4, -0.2) is 65.3 Å².